The first-order valence-electron chi connectivity index (χ1n) is 2.82. The summed E-state index contributed by atoms with van der Waals surface area (Å²) in [5.74, 6) is 0. The van der Waals surface area contributed by atoms with Gasteiger partial charge >= 0.3 is 59.4 Å². The molecule has 0 aliphatic rings. The molecule has 1 radical (unpaired) electrons. The predicted molar refractivity (Wildman–Crippen MR) is 55.6 cm³/mol. The molecule has 0 unspecified atom stereocenters. The van der Waals surface area contributed by atoms with Crippen molar-refractivity contribution in [3.8, 4) is 0 Å². The maximum atomic E-state index is 2.51. The topological polar surface area (TPSA) is 0 Å². The molecule has 0 rings (SSSR count). The second-order valence-corrected chi connectivity index (χ2v) is 29.4. The first-order valence-corrected chi connectivity index (χ1v) is 15.4. The van der Waals surface area contributed by atoms with Crippen LogP contribution in [0.3, 0.4) is 0 Å². The molecular formula is C6H18ISi. The van der Waals surface area contributed by atoms with Crippen LogP contribution in [0.4, 0.5) is 0 Å². The molecule has 0 aromatic rings. The Kier molecular flexibility index (Phi) is 2.56. The number of alkyl halides is 3. The third-order valence-corrected chi connectivity index (χ3v) is 19.0. The number of rotatable bonds is 0. The van der Waals surface area contributed by atoms with Gasteiger partial charge in [0.15, 0.2) is 0 Å². The quantitative estimate of drug-likeness (QED) is 0.262. The van der Waals surface area contributed by atoms with Crippen LogP contribution in [0.25, 0.3) is 0 Å². The first-order chi connectivity index (χ1) is 3.25. The van der Waals surface area contributed by atoms with Gasteiger partial charge in [-0.15, -0.1) is 0 Å². The molecule has 0 atom stereocenters. The van der Waals surface area contributed by atoms with Crippen LogP contribution in [0.15, 0.2) is 0 Å². The van der Waals surface area contributed by atoms with Gasteiger partial charge in [0.1, 0.15) is 0 Å². The van der Waals surface area contributed by atoms with Gasteiger partial charge in [0, 0.05) is 0 Å². The molecule has 0 aliphatic heterocycles. The Labute approximate surface area is 59.4 Å². The summed E-state index contributed by atoms with van der Waals surface area (Å²) in [6.07, 6.45) is 0. The molecule has 8 heavy (non-hydrogen) atoms. The van der Waals surface area contributed by atoms with E-state index in [-0.39, 0.29) is 0 Å². The second kappa shape index (κ2) is 2.29. The first kappa shape index (κ1) is 8.95. The van der Waals surface area contributed by atoms with Gasteiger partial charge in [0.25, 0.3) is 0 Å². The molecule has 0 aliphatic carbocycles. The molecule has 0 bridgehead atoms. The number of halogens is 1. The summed E-state index contributed by atoms with van der Waals surface area (Å²) in [5, 5.41) is 0. The van der Waals surface area contributed by atoms with E-state index in [0.29, 0.717) is 3.42 Å². The summed E-state index contributed by atoms with van der Waals surface area (Å²) in [4.78, 5) is 5.03. The van der Waals surface area contributed by atoms with E-state index in [4.69, 9.17) is 0 Å². The Balaban J connectivity index is 4.02. The van der Waals surface area contributed by atoms with E-state index < -0.39 is 17.6 Å². The Hall–Kier alpha value is 0.947. The Morgan fingerprint density at radius 1 is 1.12 bits per heavy atom. The van der Waals surface area contributed by atoms with E-state index in [9.17, 15) is 0 Å². The van der Waals surface area contributed by atoms with Crippen molar-refractivity contribution in [3.05, 3.63) is 0 Å². The molecule has 0 saturated carbocycles. The summed E-state index contributed by atoms with van der Waals surface area (Å²) >= 11 is -1.10. The van der Waals surface area contributed by atoms with E-state index in [1.807, 2.05) is 0 Å². The third kappa shape index (κ3) is 2.48. The number of hydrogen-bond acceptors (Lipinski definition) is 0. The fraction of sp³-hybridized carbons (Fsp3) is 1.00. The summed E-state index contributed by atoms with van der Waals surface area (Å²) in [6, 6.07) is 0. The van der Waals surface area contributed by atoms with Gasteiger partial charge in [-0.25, -0.2) is 0 Å². The zero-order valence-corrected chi connectivity index (χ0v) is 11.0. The fourth-order valence-corrected chi connectivity index (χ4v) is 0. The SMILES string of the molecule is CC(C)(C)[I](C)(C)[SiH3]. The van der Waals surface area contributed by atoms with Crippen LogP contribution in [0.5, 0.6) is 0 Å². The van der Waals surface area contributed by atoms with Gasteiger partial charge in [-0.1, -0.05) is 0 Å². The van der Waals surface area contributed by atoms with Gasteiger partial charge in [-0.3, -0.25) is 0 Å². The van der Waals surface area contributed by atoms with Gasteiger partial charge in [0.05, 0.1) is 0 Å². The molecule has 0 aromatic heterocycles. The molecule has 53 valence electrons. The van der Waals surface area contributed by atoms with Crippen LogP contribution in [-0.4, -0.2) is 21.0 Å². The Morgan fingerprint density at radius 2 is 1.25 bits per heavy atom. The van der Waals surface area contributed by atoms with E-state index >= 15 is 0 Å². The molecular weight excluding hydrogens is 227 g/mol. The van der Waals surface area contributed by atoms with Crippen LogP contribution in [0, 0.1) is 0 Å². The van der Waals surface area contributed by atoms with Crippen molar-refractivity contribution in [2.24, 2.45) is 0 Å². The van der Waals surface area contributed by atoms with Crippen molar-refractivity contribution in [3.63, 3.8) is 0 Å². The van der Waals surface area contributed by atoms with Crippen LogP contribution < -0.4 is 0 Å². The van der Waals surface area contributed by atoms with E-state index in [2.05, 4.69) is 30.6 Å². The average molecular weight is 245 g/mol. The van der Waals surface area contributed by atoms with Crippen LogP contribution in [-0.2, 0) is 0 Å². The molecule has 0 amide bonds. The van der Waals surface area contributed by atoms with Crippen molar-refractivity contribution >= 4 is 25.4 Å². The molecule has 0 N–H and O–H groups in total. The minimum absolute atomic E-state index is 0.679. The zero-order chi connectivity index (χ0) is 7.00. The van der Waals surface area contributed by atoms with E-state index in [0.717, 1.165) is 0 Å². The van der Waals surface area contributed by atoms with Crippen LogP contribution in [0.1, 0.15) is 20.8 Å². The molecule has 0 saturated heterocycles. The molecule has 0 fully saturated rings. The molecule has 0 nitrogen and oxygen atoms in total. The van der Waals surface area contributed by atoms with Crippen LogP contribution >= 0.6 is 17.6 Å². The van der Waals surface area contributed by atoms with Gasteiger partial charge < -0.3 is 0 Å². The zero-order valence-electron chi connectivity index (χ0n) is 6.88. The van der Waals surface area contributed by atoms with Gasteiger partial charge in [0.2, 0.25) is 0 Å². The molecule has 0 aromatic carbocycles. The van der Waals surface area contributed by atoms with Crippen molar-refractivity contribution in [1.29, 1.82) is 0 Å². The summed E-state index contributed by atoms with van der Waals surface area (Å²) in [6.45, 7) is 7.16. The normalized spacial score (nSPS) is 16.6. The summed E-state index contributed by atoms with van der Waals surface area (Å²) in [5.41, 5.74) is 0. The maximum absolute atomic E-state index is 2.51. The van der Waals surface area contributed by atoms with E-state index in [1.165, 1.54) is 7.74 Å². The number of hydrogen-bond donors (Lipinski definition) is 0. The second-order valence-electron chi connectivity index (χ2n) is 3.77. The minimum atomic E-state index is -1.10. The Bertz CT molecular complexity index is 63.5. The van der Waals surface area contributed by atoms with Gasteiger partial charge in [-0.2, -0.15) is 0 Å². The van der Waals surface area contributed by atoms with Gasteiger partial charge in [-0.05, 0) is 0 Å². The fourth-order valence-electron chi connectivity index (χ4n) is 0. The molecule has 0 spiro atoms. The Morgan fingerprint density at radius 3 is 1.25 bits per heavy atom. The van der Waals surface area contributed by atoms with Crippen LogP contribution in [0.2, 0.25) is 0 Å². The summed E-state index contributed by atoms with van der Waals surface area (Å²) < 4.78 is 0.679. The monoisotopic (exact) mass is 245 g/mol. The van der Waals surface area contributed by atoms with Crippen molar-refractivity contribution in [1.82, 2.24) is 0 Å². The van der Waals surface area contributed by atoms with Crippen molar-refractivity contribution in [2.75, 3.05) is 9.86 Å². The average Bonchev–Trinajstić information content (AvgIpc) is 1.25. The standard InChI is InChI=1S/C6H18ISi/c1-6(2,3)7(4,5)8/h1-5,8H3. The van der Waals surface area contributed by atoms with E-state index in [1.54, 1.807) is 0 Å². The predicted octanol–water partition coefficient (Wildman–Crippen LogP) is 1.37. The third-order valence-electron chi connectivity index (χ3n) is 1.70. The van der Waals surface area contributed by atoms with Crippen molar-refractivity contribution < 1.29 is 0 Å². The molecule has 0 heterocycles. The summed E-state index contributed by atoms with van der Waals surface area (Å²) in [7, 11) is 1.47. The van der Waals surface area contributed by atoms with Crippen molar-refractivity contribution in [2.45, 2.75) is 24.2 Å². The molecule has 2 heteroatoms.